The molecule has 0 saturated heterocycles. The van der Waals surface area contributed by atoms with Crippen molar-refractivity contribution in [2.75, 3.05) is 0 Å². The molecular weight excluding hydrogens is 386 g/mol. The highest BCUT2D eigenvalue weighted by atomic mass is 16.2. The average Bonchev–Trinajstić information content (AvgIpc) is 3.21. The summed E-state index contributed by atoms with van der Waals surface area (Å²) in [6, 6.07) is 2.01. The number of carbonyl (C=O) groups is 2. The van der Waals surface area contributed by atoms with Gasteiger partial charge in [-0.15, -0.1) is 6.42 Å². The van der Waals surface area contributed by atoms with Gasteiger partial charge in [0.15, 0.2) is 0 Å². The lowest BCUT2D eigenvalue weighted by Gasteiger charge is -2.41. The van der Waals surface area contributed by atoms with E-state index in [-0.39, 0.29) is 29.9 Å². The fraction of sp³-hybridized carbons (Fsp3) is 0.462. The van der Waals surface area contributed by atoms with E-state index in [0.29, 0.717) is 5.57 Å². The molecule has 3 rings (SSSR count). The van der Waals surface area contributed by atoms with E-state index in [4.69, 9.17) is 6.42 Å². The minimum Gasteiger partial charge on any atom is -0.363 e. The number of carbonyl (C=O) groups excluding carboxylic acids is 2. The van der Waals surface area contributed by atoms with Crippen molar-refractivity contribution >= 4 is 11.8 Å². The predicted octanol–water partition coefficient (Wildman–Crippen LogP) is 4.36. The number of fused-ring (bicyclic) bond motifs is 1. The van der Waals surface area contributed by atoms with Gasteiger partial charge in [-0.25, -0.2) is 0 Å². The molecule has 164 valence electrons. The first kappa shape index (κ1) is 22.7. The fourth-order valence-electron chi connectivity index (χ4n) is 4.36. The Hall–Kier alpha value is -3.00. The Labute approximate surface area is 185 Å². The minimum atomic E-state index is -0.367. The Balaban J connectivity index is 1.85. The molecule has 5 heteroatoms. The van der Waals surface area contributed by atoms with Gasteiger partial charge < -0.3 is 15.2 Å². The summed E-state index contributed by atoms with van der Waals surface area (Å²) in [6.45, 7) is 8.26. The highest BCUT2D eigenvalue weighted by Gasteiger charge is 2.38. The van der Waals surface area contributed by atoms with Crippen LogP contribution in [0.4, 0.5) is 0 Å². The van der Waals surface area contributed by atoms with Crippen molar-refractivity contribution in [3.05, 3.63) is 59.5 Å². The van der Waals surface area contributed by atoms with E-state index in [1.165, 1.54) is 12.0 Å². The molecule has 2 aliphatic rings. The molecule has 0 radical (unpaired) electrons. The van der Waals surface area contributed by atoms with Crippen LogP contribution in [0.15, 0.2) is 48.2 Å². The summed E-state index contributed by atoms with van der Waals surface area (Å²) < 4.78 is 0. The van der Waals surface area contributed by atoms with Gasteiger partial charge in [0.2, 0.25) is 0 Å². The summed E-state index contributed by atoms with van der Waals surface area (Å²) in [4.78, 5) is 30.4. The third-order valence-electron chi connectivity index (χ3n) is 6.36. The molecule has 1 saturated carbocycles. The number of aromatic amines is 1. The number of rotatable bonds is 8. The van der Waals surface area contributed by atoms with E-state index in [1.54, 1.807) is 17.1 Å². The highest BCUT2D eigenvalue weighted by molar-refractivity contribution is 5.96. The molecule has 2 atom stereocenters. The molecule has 1 aliphatic heterocycles. The maximum atomic E-state index is 12.8. The topological polar surface area (TPSA) is 65.2 Å². The van der Waals surface area contributed by atoms with E-state index in [1.807, 2.05) is 19.2 Å². The van der Waals surface area contributed by atoms with Crippen LogP contribution in [0.2, 0.25) is 0 Å². The quantitative estimate of drug-likeness (QED) is 0.374. The van der Waals surface area contributed by atoms with Gasteiger partial charge in [0, 0.05) is 29.5 Å². The first-order chi connectivity index (χ1) is 15.0. The monoisotopic (exact) mass is 419 g/mol. The molecule has 0 unspecified atom stereocenters. The van der Waals surface area contributed by atoms with Gasteiger partial charge in [-0.1, -0.05) is 38.5 Å². The molecule has 0 spiro atoms. The van der Waals surface area contributed by atoms with Crippen molar-refractivity contribution in [2.24, 2.45) is 0 Å². The number of nitrogens with one attached hydrogen (secondary N) is 2. The molecule has 2 amide bonds. The van der Waals surface area contributed by atoms with Crippen LogP contribution in [0.1, 0.15) is 69.7 Å². The maximum Gasteiger partial charge on any atom is 0.299 e. The molecule has 1 aromatic heterocycles. The fourth-order valence-corrected chi connectivity index (χ4v) is 4.36. The third-order valence-corrected chi connectivity index (χ3v) is 6.36. The van der Waals surface area contributed by atoms with Crippen LogP contribution in [0.5, 0.6) is 0 Å². The molecule has 0 bridgehead atoms. The summed E-state index contributed by atoms with van der Waals surface area (Å²) in [5.74, 6) is 1.91. The number of terminal acetylenes is 1. The van der Waals surface area contributed by atoms with Crippen LogP contribution in [-0.2, 0) is 16.0 Å². The first-order valence-electron chi connectivity index (χ1n) is 11.3. The average molecular weight is 420 g/mol. The van der Waals surface area contributed by atoms with E-state index < -0.39 is 0 Å². The number of hydrogen-bond donors (Lipinski definition) is 2. The zero-order chi connectivity index (χ0) is 22.4. The van der Waals surface area contributed by atoms with Crippen molar-refractivity contribution in [2.45, 2.75) is 76.9 Å². The zero-order valence-electron chi connectivity index (χ0n) is 18.6. The molecule has 2 heterocycles. The third kappa shape index (κ3) is 5.02. The second-order valence-electron chi connectivity index (χ2n) is 8.43. The van der Waals surface area contributed by atoms with Crippen LogP contribution in [0.3, 0.4) is 0 Å². The van der Waals surface area contributed by atoms with Crippen molar-refractivity contribution in [1.29, 1.82) is 0 Å². The molecule has 1 aliphatic carbocycles. The normalized spacial score (nSPS) is 21.3. The lowest BCUT2D eigenvalue weighted by Crippen LogP contribution is -2.47. The van der Waals surface area contributed by atoms with Gasteiger partial charge in [0.1, 0.15) is 0 Å². The van der Waals surface area contributed by atoms with Gasteiger partial charge in [-0.2, -0.15) is 0 Å². The Morgan fingerprint density at radius 1 is 1.39 bits per heavy atom. The first-order valence-corrected chi connectivity index (χ1v) is 11.3. The lowest BCUT2D eigenvalue weighted by atomic mass is 9.87. The maximum absolute atomic E-state index is 12.8. The van der Waals surface area contributed by atoms with Crippen LogP contribution in [-0.4, -0.2) is 33.8 Å². The van der Waals surface area contributed by atoms with Gasteiger partial charge in [-0.05, 0) is 68.2 Å². The van der Waals surface area contributed by atoms with E-state index in [2.05, 4.69) is 35.8 Å². The van der Waals surface area contributed by atoms with E-state index >= 15 is 0 Å². The van der Waals surface area contributed by atoms with Crippen molar-refractivity contribution in [3.8, 4) is 12.3 Å². The van der Waals surface area contributed by atoms with Crippen LogP contribution in [0.25, 0.3) is 0 Å². The number of allylic oxidation sites excluding steroid dienone is 1. The highest BCUT2D eigenvalue weighted by Crippen LogP contribution is 2.38. The summed E-state index contributed by atoms with van der Waals surface area (Å²) >= 11 is 0. The molecule has 31 heavy (non-hydrogen) atoms. The molecular formula is C26H33N3O2. The number of nitrogens with zero attached hydrogens (tertiary/aromatic N) is 1. The van der Waals surface area contributed by atoms with E-state index in [9.17, 15) is 9.59 Å². The Kier molecular flexibility index (Phi) is 7.57. The van der Waals surface area contributed by atoms with Crippen LogP contribution in [0, 0.1) is 12.3 Å². The molecule has 5 nitrogen and oxygen atoms in total. The second kappa shape index (κ2) is 10.3. The van der Waals surface area contributed by atoms with Gasteiger partial charge in [-0.3, -0.25) is 9.59 Å². The lowest BCUT2D eigenvalue weighted by molar-refractivity contribution is -0.130. The summed E-state index contributed by atoms with van der Waals surface area (Å²) in [5, 5.41) is 3.06. The summed E-state index contributed by atoms with van der Waals surface area (Å²) in [5.41, 5.74) is 3.46. The van der Waals surface area contributed by atoms with Crippen LogP contribution >= 0.6 is 0 Å². The largest absolute Gasteiger partial charge is 0.363 e. The van der Waals surface area contributed by atoms with Crippen molar-refractivity contribution in [3.63, 3.8) is 0 Å². The molecule has 2 N–H and O–H groups in total. The van der Waals surface area contributed by atoms with Gasteiger partial charge in [0.25, 0.3) is 11.8 Å². The van der Waals surface area contributed by atoms with E-state index in [0.717, 1.165) is 49.8 Å². The minimum absolute atomic E-state index is 0.0325. The summed E-state index contributed by atoms with van der Waals surface area (Å²) in [6.07, 6.45) is 19.9. The van der Waals surface area contributed by atoms with Gasteiger partial charge in [0.05, 0.1) is 6.04 Å². The Morgan fingerprint density at radius 3 is 2.77 bits per heavy atom. The number of aromatic nitrogens is 1. The Morgan fingerprint density at radius 2 is 2.16 bits per heavy atom. The van der Waals surface area contributed by atoms with Gasteiger partial charge >= 0.3 is 0 Å². The van der Waals surface area contributed by atoms with Crippen LogP contribution < -0.4 is 5.32 Å². The smallest absolute Gasteiger partial charge is 0.299 e. The number of H-pyrrole nitrogens is 1. The molecule has 1 fully saturated rings. The Bertz CT molecular complexity index is 927. The number of hydrogen-bond acceptors (Lipinski definition) is 2. The van der Waals surface area contributed by atoms with Crippen molar-refractivity contribution in [1.82, 2.24) is 15.2 Å². The standard InChI is InChI=1S/C26H33N3O2/c1-5-8-12-22-17-20-15-16-27-24(20)25(29(22)23(30)7-3)18(4)13-14-19(6-2)26(31)28-21-10-9-11-21/h3,6,13-16,21-22,25,27H,4-5,8-12,17H2,1-2H3,(H,28,31)/b14-13-,19-6+/t22-,25-/m0/s1. The van der Waals surface area contributed by atoms with Crippen molar-refractivity contribution < 1.29 is 9.59 Å². The second-order valence-corrected chi connectivity index (χ2v) is 8.43. The number of amides is 2. The number of unbranched alkanes of at least 4 members (excludes halogenated alkanes) is 1. The SMILES string of the molecule is C#CC(=O)N1[C@@H](CCCC)Cc2cc[nH]c2[C@@H]1C(=C)/C=C\C(=C/C)C(=O)NC1CCC1. The summed E-state index contributed by atoms with van der Waals surface area (Å²) in [7, 11) is 0. The predicted molar refractivity (Wildman–Crippen MR) is 124 cm³/mol. The zero-order valence-corrected chi connectivity index (χ0v) is 18.6. The molecule has 1 aromatic rings. The molecule has 0 aromatic carbocycles.